The quantitative estimate of drug-likeness (QED) is 0.0325. The van der Waals surface area contributed by atoms with Crippen LogP contribution in [0.25, 0.3) is 0 Å². The number of ether oxygens (including phenoxy) is 14. The van der Waals surface area contributed by atoms with E-state index >= 15 is 0 Å². The number of unbranched alkanes of at least 4 members (excludes halogenated alkanes) is 3. The molecule has 0 saturated carbocycles. The molecule has 75 heavy (non-hydrogen) atoms. The van der Waals surface area contributed by atoms with Crippen molar-refractivity contribution in [2.45, 2.75) is 72.1 Å². The van der Waals surface area contributed by atoms with E-state index in [-0.39, 0.29) is 61.5 Å². The van der Waals surface area contributed by atoms with Crippen LogP contribution in [0.15, 0.2) is 42.5 Å². The first-order valence-corrected chi connectivity index (χ1v) is 24.2. The number of para-hydroxylation sites is 2. The molecule has 0 saturated heterocycles. The van der Waals surface area contributed by atoms with E-state index in [9.17, 15) is 43.2 Å². The lowest BCUT2D eigenvalue weighted by molar-refractivity contribution is -0.168. The fourth-order valence-electron chi connectivity index (χ4n) is 6.05. The molecular formula is C49H67ClN2O23. The number of amides is 1. The third-order valence-corrected chi connectivity index (χ3v) is 9.72. The summed E-state index contributed by atoms with van der Waals surface area (Å²) in [5.74, 6) is -7.20. The zero-order chi connectivity index (χ0) is 55.1. The number of nitrogens with one attached hydrogen (secondary N) is 1. The molecule has 0 aliphatic rings. The van der Waals surface area contributed by atoms with Crippen molar-refractivity contribution in [3.05, 3.63) is 48.0 Å². The van der Waals surface area contributed by atoms with Gasteiger partial charge in [-0.1, -0.05) is 25.0 Å². The number of halogens is 1. The largest absolute Gasteiger partial charge is 0.490 e. The number of esters is 8. The number of carbonyl (C=O) groups is 9. The van der Waals surface area contributed by atoms with Gasteiger partial charge < -0.3 is 76.5 Å². The lowest BCUT2D eigenvalue weighted by Crippen LogP contribution is -2.37. The molecule has 2 aromatic carbocycles. The molecule has 0 aliphatic heterocycles. The average molecular weight is 1090 g/mol. The Bertz CT molecular complexity index is 2020. The van der Waals surface area contributed by atoms with E-state index < -0.39 is 113 Å². The Kier molecular flexibility index (Phi) is 34.0. The predicted molar refractivity (Wildman–Crippen MR) is 260 cm³/mol. The summed E-state index contributed by atoms with van der Waals surface area (Å²) >= 11 is 5.69. The molecule has 1 amide bonds. The number of alkyl halides is 1. The standard InChI is InChI=1S/C49H67ClN2O23/c1-35(53)68-31-72-46(58)25-39(26-47(59)73-32-69-36(2)54)41-27-40(51-45(57)30-65-22-21-64-20-19-63-18-17-62-16-10-6-5-9-15-50)13-14-43(41)66-23-24-67-44-12-8-7-11-42(44)52(28-48(60)74-33-70-37(3)55)29-49(61)75-34-71-38(4)56/h7-8,11-14,27,39H,5-6,9-10,15-26,28-34H2,1-4H3,(H,51,57). The Labute approximate surface area is 439 Å². The second-order valence-electron chi connectivity index (χ2n) is 15.5. The molecule has 1 N–H and O–H groups in total. The van der Waals surface area contributed by atoms with Gasteiger partial charge in [-0.3, -0.25) is 43.2 Å². The molecule has 26 heteroatoms. The Morgan fingerprint density at radius 3 is 1.45 bits per heavy atom. The van der Waals surface area contributed by atoms with E-state index in [1.165, 1.54) is 35.2 Å². The Balaban J connectivity index is 2.23. The maximum Gasteiger partial charge on any atom is 0.328 e. The van der Waals surface area contributed by atoms with Crippen LogP contribution in [0.4, 0.5) is 11.4 Å². The second kappa shape index (κ2) is 39.6. The SMILES string of the molecule is CC(=O)OCOC(=O)CC(CC(=O)OCOC(C)=O)c1cc(NC(=O)COCCOCCOCCOCCCCCCCl)ccc1OCCOc1ccccc1N(CC(=O)OCOC(C)=O)CC(=O)OCOC(C)=O. The maximum atomic E-state index is 13.1. The normalized spacial score (nSPS) is 10.6. The van der Waals surface area contributed by atoms with Crippen LogP contribution >= 0.6 is 11.6 Å². The molecule has 0 spiro atoms. The summed E-state index contributed by atoms with van der Waals surface area (Å²) in [6.45, 7) is 2.22. The number of anilines is 2. The summed E-state index contributed by atoms with van der Waals surface area (Å²) < 4.78 is 73.0. The number of hydrogen-bond acceptors (Lipinski definition) is 24. The summed E-state index contributed by atoms with van der Waals surface area (Å²) in [5.41, 5.74) is 0.587. The molecule has 0 bridgehead atoms. The monoisotopic (exact) mass is 1090 g/mol. The van der Waals surface area contributed by atoms with E-state index in [4.69, 9.17) is 68.4 Å². The summed E-state index contributed by atoms with van der Waals surface area (Å²) in [6, 6.07) is 10.6. The van der Waals surface area contributed by atoms with E-state index in [0.717, 1.165) is 53.4 Å². The van der Waals surface area contributed by atoms with Gasteiger partial charge in [0, 0.05) is 57.4 Å². The van der Waals surface area contributed by atoms with Crippen LogP contribution in [0.5, 0.6) is 11.5 Å². The van der Waals surface area contributed by atoms with Gasteiger partial charge in [0.05, 0.1) is 58.2 Å². The first-order chi connectivity index (χ1) is 36.1. The van der Waals surface area contributed by atoms with Crippen molar-refractivity contribution < 1.29 is 109 Å². The minimum absolute atomic E-state index is 0.0875. The van der Waals surface area contributed by atoms with E-state index in [2.05, 4.69) is 14.8 Å². The summed E-state index contributed by atoms with van der Waals surface area (Å²) in [4.78, 5) is 111. The van der Waals surface area contributed by atoms with Gasteiger partial charge in [-0.2, -0.15) is 0 Å². The Morgan fingerprint density at radius 2 is 0.947 bits per heavy atom. The van der Waals surface area contributed by atoms with E-state index in [0.29, 0.717) is 38.9 Å². The fourth-order valence-corrected chi connectivity index (χ4v) is 6.24. The molecule has 2 rings (SSSR count). The first kappa shape index (κ1) is 64.3. The van der Waals surface area contributed by atoms with Crippen LogP contribution in [0.3, 0.4) is 0 Å². The van der Waals surface area contributed by atoms with Crippen LogP contribution < -0.4 is 19.7 Å². The van der Waals surface area contributed by atoms with Gasteiger partial charge in [0.15, 0.2) is 0 Å². The molecule has 0 heterocycles. The topological polar surface area (TPSA) is 298 Å². The highest BCUT2D eigenvalue weighted by Gasteiger charge is 2.27. The van der Waals surface area contributed by atoms with Gasteiger partial charge in [-0.05, 0) is 43.2 Å². The number of benzene rings is 2. The van der Waals surface area contributed by atoms with E-state index in [1.807, 2.05) is 0 Å². The van der Waals surface area contributed by atoms with Crippen LogP contribution in [0.1, 0.15) is 77.7 Å². The average Bonchev–Trinajstić information content (AvgIpc) is 3.34. The van der Waals surface area contributed by atoms with Gasteiger partial charge in [-0.15, -0.1) is 11.6 Å². The summed E-state index contributed by atoms with van der Waals surface area (Å²) in [5, 5.41) is 2.70. The molecule has 0 unspecified atom stereocenters. The summed E-state index contributed by atoms with van der Waals surface area (Å²) in [7, 11) is 0. The Hall–Kier alpha value is -6.80. The van der Waals surface area contributed by atoms with Crippen LogP contribution in [0.2, 0.25) is 0 Å². The zero-order valence-corrected chi connectivity index (χ0v) is 43.4. The first-order valence-electron chi connectivity index (χ1n) is 23.6. The molecule has 25 nitrogen and oxygen atoms in total. The number of nitrogens with zero attached hydrogens (tertiary/aromatic N) is 1. The second-order valence-corrected chi connectivity index (χ2v) is 15.9. The highest BCUT2D eigenvalue weighted by atomic mass is 35.5. The van der Waals surface area contributed by atoms with Crippen LogP contribution in [-0.2, 0) is 100.0 Å². The van der Waals surface area contributed by atoms with Crippen molar-refractivity contribution in [2.75, 3.05) is 122 Å². The number of carbonyl (C=O) groups excluding carboxylic acids is 9. The smallest absolute Gasteiger partial charge is 0.328 e. The van der Waals surface area contributed by atoms with Crippen molar-refractivity contribution in [2.24, 2.45) is 0 Å². The molecule has 0 atom stereocenters. The maximum absolute atomic E-state index is 13.1. The summed E-state index contributed by atoms with van der Waals surface area (Å²) in [6.07, 6.45) is 3.10. The molecular weight excluding hydrogens is 1020 g/mol. The van der Waals surface area contributed by atoms with Crippen molar-refractivity contribution >= 4 is 76.6 Å². The van der Waals surface area contributed by atoms with Crippen LogP contribution in [0, 0.1) is 0 Å². The van der Waals surface area contributed by atoms with Crippen molar-refractivity contribution in [1.29, 1.82) is 0 Å². The van der Waals surface area contributed by atoms with E-state index in [1.54, 1.807) is 12.1 Å². The lowest BCUT2D eigenvalue weighted by Gasteiger charge is -2.25. The molecule has 0 aromatic heterocycles. The molecule has 0 fully saturated rings. The van der Waals surface area contributed by atoms with Gasteiger partial charge >= 0.3 is 47.8 Å². The van der Waals surface area contributed by atoms with Gasteiger partial charge in [-0.25, -0.2) is 0 Å². The third kappa shape index (κ3) is 32.2. The Morgan fingerprint density at radius 1 is 0.493 bits per heavy atom. The molecule has 0 aliphatic carbocycles. The minimum Gasteiger partial charge on any atom is -0.490 e. The fraction of sp³-hybridized carbons (Fsp3) is 0.571. The highest BCUT2D eigenvalue weighted by molar-refractivity contribution is 6.17. The lowest BCUT2D eigenvalue weighted by atomic mass is 9.91. The van der Waals surface area contributed by atoms with Crippen molar-refractivity contribution in [3.63, 3.8) is 0 Å². The number of hydrogen-bond donors (Lipinski definition) is 1. The predicted octanol–water partition coefficient (Wildman–Crippen LogP) is 3.87. The van der Waals surface area contributed by atoms with Gasteiger partial charge in [0.25, 0.3) is 0 Å². The van der Waals surface area contributed by atoms with Crippen molar-refractivity contribution in [1.82, 2.24) is 0 Å². The van der Waals surface area contributed by atoms with Gasteiger partial charge in [0.1, 0.15) is 44.4 Å². The molecule has 0 radical (unpaired) electrons. The third-order valence-electron chi connectivity index (χ3n) is 9.45. The highest BCUT2D eigenvalue weighted by Crippen LogP contribution is 2.35. The molecule has 418 valence electrons. The van der Waals surface area contributed by atoms with Crippen molar-refractivity contribution in [3.8, 4) is 11.5 Å². The van der Waals surface area contributed by atoms with Crippen LogP contribution in [-0.4, -0.2) is 166 Å². The number of rotatable bonds is 41. The zero-order valence-electron chi connectivity index (χ0n) is 42.6. The molecule has 2 aromatic rings. The van der Waals surface area contributed by atoms with Gasteiger partial charge in [0.2, 0.25) is 33.1 Å². The minimum atomic E-state index is -1.09.